The van der Waals surface area contributed by atoms with E-state index in [1.807, 2.05) is 0 Å². The van der Waals surface area contributed by atoms with Gasteiger partial charge in [-0.1, -0.05) is 117 Å². The molecule has 40 heavy (non-hydrogen) atoms. The van der Waals surface area contributed by atoms with Crippen LogP contribution in [0.1, 0.15) is 79.7 Å². The summed E-state index contributed by atoms with van der Waals surface area (Å²) in [5.41, 5.74) is 9.31. The van der Waals surface area contributed by atoms with Crippen molar-refractivity contribution in [3.8, 4) is 12.3 Å². The van der Waals surface area contributed by atoms with Crippen LogP contribution in [-0.4, -0.2) is 0 Å². The Kier molecular flexibility index (Phi) is 9.23. The van der Waals surface area contributed by atoms with Gasteiger partial charge in [-0.25, -0.2) is 0 Å². The van der Waals surface area contributed by atoms with Crippen molar-refractivity contribution in [2.75, 3.05) is 0 Å². The Bertz CT molecular complexity index is 1350. The number of aryl methyl sites for hydroxylation is 1. The van der Waals surface area contributed by atoms with Crippen molar-refractivity contribution in [3.05, 3.63) is 137 Å². The number of allylic oxidation sites excluding steroid dienone is 5. The van der Waals surface area contributed by atoms with Crippen LogP contribution < -0.4 is 0 Å². The van der Waals surface area contributed by atoms with Gasteiger partial charge in [-0.15, -0.1) is 6.42 Å². The molecule has 0 radical (unpaired) electrons. The molecule has 0 heteroatoms. The van der Waals surface area contributed by atoms with E-state index in [9.17, 15) is 0 Å². The van der Waals surface area contributed by atoms with Crippen LogP contribution in [0.4, 0.5) is 0 Å². The lowest BCUT2D eigenvalue weighted by atomic mass is 9.69. The smallest absolute Gasteiger partial charge is 0.0242 e. The first-order chi connectivity index (χ1) is 19.5. The van der Waals surface area contributed by atoms with Crippen molar-refractivity contribution in [2.45, 2.75) is 64.7 Å². The summed E-state index contributed by atoms with van der Waals surface area (Å²) in [6.07, 6.45) is 21.0. The third-order valence-electron chi connectivity index (χ3n) is 9.27. The van der Waals surface area contributed by atoms with Gasteiger partial charge in [-0.3, -0.25) is 0 Å². The topological polar surface area (TPSA) is 0 Å². The van der Waals surface area contributed by atoms with E-state index in [1.165, 1.54) is 59.1 Å². The highest BCUT2D eigenvalue weighted by Gasteiger charge is 2.30. The zero-order valence-corrected chi connectivity index (χ0v) is 24.4. The number of rotatable bonds is 10. The Labute approximate surface area is 242 Å². The molecule has 0 amide bonds. The van der Waals surface area contributed by atoms with Crippen LogP contribution in [0.25, 0.3) is 5.57 Å². The van der Waals surface area contributed by atoms with E-state index >= 15 is 0 Å². The molecule has 3 aromatic rings. The molecule has 3 aromatic carbocycles. The molecule has 0 heterocycles. The largest absolute Gasteiger partial charge is 0.115 e. The number of benzene rings is 3. The van der Waals surface area contributed by atoms with Crippen molar-refractivity contribution >= 4 is 5.57 Å². The van der Waals surface area contributed by atoms with Gasteiger partial charge >= 0.3 is 0 Å². The predicted molar refractivity (Wildman–Crippen MR) is 172 cm³/mol. The normalized spacial score (nSPS) is 21.1. The summed E-state index contributed by atoms with van der Waals surface area (Å²) in [7, 11) is 0. The monoisotopic (exact) mass is 524 g/mol. The highest BCUT2D eigenvalue weighted by molar-refractivity contribution is 5.77. The lowest BCUT2D eigenvalue weighted by molar-refractivity contribution is 0.252. The van der Waals surface area contributed by atoms with E-state index in [0.717, 1.165) is 30.7 Å². The van der Waals surface area contributed by atoms with Gasteiger partial charge in [-0.05, 0) is 109 Å². The second-order valence-electron chi connectivity index (χ2n) is 12.4. The Morgan fingerprint density at radius 1 is 0.875 bits per heavy atom. The first-order valence-electron chi connectivity index (χ1n) is 15.3. The molecule has 0 spiro atoms. The van der Waals surface area contributed by atoms with Crippen molar-refractivity contribution < 1.29 is 0 Å². The van der Waals surface area contributed by atoms with Crippen LogP contribution in [-0.2, 0) is 12.8 Å². The third-order valence-corrected chi connectivity index (χ3v) is 9.27. The zero-order chi connectivity index (χ0) is 27.9. The molecule has 2 atom stereocenters. The fourth-order valence-corrected chi connectivity index (χ4v) is 6.77. The van der Waals surface area contributed by atoms with E-state index in [2.05, 4.69) is 117 Å². The first-order valence-corrected chi connectivity index (χ1v) is 15.3. The van der Waals surface area contributed by atoms with Gasteiger partial charge in [0, 0.05) is 11.5 Å². The quantitative estimate of drug-likeness (QED) is 0.183. The van der Waals surface area contributed by atoms with E-state index in [0.29, 0.717) is 23.7 Å². The predicted octanol–water partition coefficient (Wildman–Crippen LogP) is 10.2. The molecule has 0 aromatic heterocycles. The fraction of sp³-hybridized carbons (Fsp3) is 0.350. The van der Waals surface area contributed by atoms with Gasteiger partial charge in [0.15, 0.2) is 0 Å². The molecule has 0 bridgehead atoms. The molecule has 2 aliphatic carbocycles. The second kappa shape index (κ2) is 13.2. The third kappa shape index (κ3) is 6.95. The highest BCUT2D eigenvalue weighted by atomic mass is 14.3. The van der Waals surface area contributed by atoms with Crippen LogP contribution in [0, 0.1) is 36.0 Å². The molecule has 2 aliphatic rings. The molecular formula is C40H44. The Morgan fingerprint density at radius 2 is 1.57 bits per heavy atom. The van der Waals surface area contributed by atoms with E-state index in [4.69, 9.17) is 13.0 Å². The Hall–Kier alpha value is -3.56. The highest BCUT2D eigenvalue weighted by Crippen LogP contribution is 2.44. The van der Waals surface area contributed by atoms with Crippen molar-refractivity contribution in [2.24, 2.45) is 23.7 Å². The molecule has 0 aliphatic heterocycles. The molecule has 0 N–H and O–H groups in total. The van der Waals surface area contributed by atoms with Gasteiger partial charge in [0.25, 0.3) is 0 Å². The van der Waals surface area contributed by atoms with Crippen LogP contribution in [0.3, 0.4) is 0 Å². The summed E-state index contributed by atoms with van der Waals surface area (Å²) in [6, 6.07) is 28.9. The zero-order valence-electron chi connectivity index (χ0n) is 24.4. The van der Waals surface area contributed by atoms with Crippen molar-refractivity contribution in [3.63, 3.8) is 0 Å². The molecule has 5 rings (SSSR count). The van der Waals surface area contributed by atoms with E-state index < -0.39 is 0 Å². The van der Waals surface area contributed by atoms with Crippen LogP contribution >= 0.6 is 0 Å². The minimum Gasteiger partial charge on any atom is -0.115 e. The van der Waals surface area contributed by atoms with Gasteiger partial charge in [0.2, 0.25) is 0 Å². The standard InChI is InChI=1S/C40H44/c1-5-31-13-15-33(16-14-31)27-34-17-19-36(20-18-34)40(30(4)11-12-32-9-7-6-8-10-32)37-23-21-35(22-24-37)39-26-25-38(28-39)29(2)3/h1,6-10,13-16,21-26,28-29,34,36,38,40H,4,11-12,17-20,27H2,2-3H3. The van der Waals surface area contributed by atoms with Gasteiger partial charge < -0.3 is 0 Å². The maximum atomic E-state index is 5.55. The second-order valence-corrected chi connectivity index (χ2v) is 12.4. The summed E-state index contributed by atoms with van der Waals surface area (Å²) < 4.78 is 0. The first kappa shape index (κ1) is 28.0. The number of terminal acetylenes is 1. The summed E-state index contributed by atoms with van der Waals surface area (Å²) in [4.78, 5) is 0. The van der Waals surface area contributed by atoms with Gasteiger partial charge in [0.05, 0.1) is 0 Å². The molecule has 1 saturated carbocycles. The van der Waals surface area contributed by atoms with Gasteiger partial charge in [0.1, 0.15) is 0 Å². The summed E-state index contributed by atoms with van der Waals surface area (Å²) in [5, 5.41) is 0. The van der Waals surface area contributed by atoms with Crippen molar-refractivity contribution in [1.29, 1.82) is 0 Å². The molecule has 1 fully saturated rings. The molecular weight excluding hydrogens is 480 g/mol. The average Bonchev–Trinajstić information content (AvgIpc) is 3.49. The minimum absolute atomic E-state index is 0.421. The summed E-state index contributed by atoms with van der Waals surface area (Å²) in [6.45, 7) is 9.31. The van der Waals surface area contributed by atoms with Crippen LogP contribution in [0.5, 0.6) is 0 Å². The molecule has 204 valence electrons. The average molecular weight is 525 g/mol. The Morgan fingerprint density at radius 3 is 2.20 bits per heavy atom. The van der Waals surface area contributed by atoms with Crippen LogP contribution in [0.2, 0.25) is 0 Å². The SMILES string of the molecule is C#Cc1ccc(CC2CCC(C(C(=C)CCc3ccccc3)c3ccc(C4=CC(C(C)C)C=C4)cc3)CC2)cc1. The summed E-state index contributed by atoms with van der Waals surface area (Å²) in [5.74, 6) is 5.75. The maximum Gasteiger partial charge on any atom is 0.0242 e. The molecule has 0 nitrogen and oxygen atoms in total. The maximum absolute atomic E-state index is 5.55. The van der Waals surface area contributed by atoms with E-state index in [-0.39, 0.29) is 0 Å². The fourth-order valence-electron chi connectivity index (χ4n) is 6.77. The van der Waals surface area contributed by atoms with E-state index in [1.54, 1.807) is 0 Å². The summed E-state index contributed by atoms with van der Waals surface area (Å²) >= 11 is 0. The molecule has 2 unspecified atom stereocenters. The number of hydrogen-bond acceptors (Lipinski definition) is 0. The minimum atomic E-state index is 0.421. The van der Waals surface area contributed by atoms with Gasteiger partial charge in [-0.2, -0.15) is 0 Å². The lowest BCUT2D eigenvalue weighted by Crippen LogP contribution is -2.23. The molecule has 0 saturated heterocycles. The Balaban J connectivity index is 1.29. The number of hydrogen-bond donors (Lipinski definition) is 0. The van der Waals surface area contributed by atoms with Crippen LogP contribution in [0.15, 0.2) is 109 Å². The lowest BCUT2D eigenvalue weighted by Gasteiger charge is -2.35. The van der Waals surface area contributed by atoms with Crippen molar-refractivity contribution in [1.82, 2.24) is 0 Å².